The lowest BCUT2D eigenvalue weighted by molar-refractivity contribution is 0.740. The van der Waals surface area contributed by atoms with Gasteiger partial charge in [0.15, 0.2) is 0 Å². The van der Waals surface area contributed by atoms with E-state index in [1.807, 2.05) is 0 Å². The Bertz CT molecular complexity index is 360. The summed E-state index contributed by atoms with van der Waals surface area (Å²) in [6.07, 6.45) is 7.95. The van der Waals surface area contributed by atoms with Crippen LogP contribution in [0.3, 0.4) is 0 Å². The van der Waals surface area contributed by atoms with Gasteiger partial charge in [-0.1, -0.05) is 6.08 Å². The largest absolute Gasteiger partial charge is 0.357 e. The van der Waals surface area contributed by atoms with E-state index in [0.29, 0.717) is 0 Å². The summed E-state index contributed by atoms with van der Waals surface area (Å²) < 4.78 is 0. The fourth-order valence-corrected chi connectivity index (χ4v) is 2.18. The average molecular weight is 172 g/mol. The SMILES string of the molecule is [C]1NCCc2c1[nH]c1c2CCC=C1. The molecule has 0 atom stereocenters. The Labute approximate surface area is 78.0 Å². The highest BCUT2D eigenvalue weighted by Crippen LogP contribution is 2.27. The molecule has 2 heteroatoms. The van der Waals surface area contributed by atoms with Gasteiger partial charge in [0, 0.05) is 17.9 Å². The molecule has 66 valence electrons. The van der Waals surface area contributed by atoms with Crippen LogP contribution in [0.15, 0.2) is 6.08 Å². The number of aromatic nitrogens is 1. The first-order valence-corrected chi connectivity index (χ1v) is 4.84. The molecule has 1 aromatic rings. The number of fused-ring (bicyclic) bond motifs is 3. The summed E-state index contributed by atoms with van der Waals surface area (Å²) >= 11 is 0. The molecule has 1 aliphatic heterocycles. The Balaban J connectivity index is 2.15. The summed E-state index contributed by atoms with van der Waals surface area (Å²) in [5.41, 5.74) is 5.47. The third-order valence-electron chi connectivity index (χ3n) is 2.81. The van der Waals surface area contributed by atoms with Crippen LogP contribution >= 0.6 is 0 Å². The Morgan fingerprint density at radius 1 is 1.23 bits per heavy atom. The summed E-state index contributed by atoms with van der Waals surface area (Å²) in [5.74, 6) is 0. The van der Waals surface area contributed by atoms with Crippen molar-refractivity contribution in [3.05, 3.63) is 35.1 Å². The summed E-state index contributed by atoms with van der Waals surface area (Å²) in [7, 11) is 0. The van der Waals surface area contributed by atoms with Crippen molar-refractivity contribution in [1.82, 2.24) is 10.3 Å². The summed E-state index contributed by atoms with van der Waals surface area (Å²) in [6, 6.07) is 0. The second-order valence-electron chi connectivity index (χ2n) is 3.61. The van der Waals surface area contributed by atoms with Crippen molar-refractivity contribution in [3.8, 4) is 0 Å². The second kappa shape index (κ2) is 2.74. The number of rotatable bonds is 0. The van der Waals surface area contributed by atoms with Gasteiger partial charge in [0.2, 0.25) is 0 Å². The number of nitrogens with one attached hydrogen (secondary N) is 2. The zero-order chi connectivity index (χ0) is 8.67. The molecule has 0 fully saturated rings. The van der Waals surface area contributed by atoms with E-state index < -0.39 is 0 Å². The Morgan fingerprint density at radius 3 is 3.23 bits per heavy atom. The molecule has 13 heavy (non-hydrogen) atoms. The second-order valence-corrected chi connectivity index (χ2v) is 3.61. The molecule has 0 spiro atoms. The van der Waals surface area contributed by atoms with Crippen LogP contribution in [-0.4, -0.2) is 11.5 Å². The van der Waals surface area contributed by atoms with Crippen LogP contribution in [-0.2, 0) is 12.8 Å². The molecule has 3 rings (SSSR count). The molecule has 0 aromatic carbocycles. The maximum atomic E-state index is 3.39. The smallest absolute Gasteiger partial charge is 0.112 e. The maximum absolute atomic E-state index is 3.39. The summed E-state index contributed by atoms with van der Waals surface area (Å²) in [6.45, 7) is 4.21. The Hall–Kier alpha value is -1.02. The molecular formula is C11H12N2. The topological polar surface area (TPSA) is 27.8 Å². The van der Waals surface area contributed by atoms with E-state index in [1.54, 1.807) is 0 Å². The molecule has 0 amide bonds. The molecule has 1 aliphatic carbocycles. The Morgan fingerprint density at radius 2 is 2.23 bits per heavy atom. The van der Waals surface area contributed by atoms with Crippen LogP contribution in [0.4, 0.5) is 0 Å². The molecule has 0 saturated heterocycles. The van der Waals surface area contributed by atoms with Gasteiger partial charge in [0.25, 0.3) is 0 Å². The molecule has 0 bridgehead atoms. The molecule has 1 aromatic heterocycles. The van der Waals surface area contributed by atoms with Gasteiger partial charge in [-0.2, -0.15) is 0 Å². The first-order chi connectivity index (χ1) is 6.45. The number of aromatic amines is 1. The number of H-pyrrole nitrogens is 1. The zero-order valence-corrected chi connectivity index (χ0v) is 7.48. The molecule has 0 unspecified atom stereocenters. The van der Waals surface area contributed by atoms with Crippen molar-refractivity contribution in [2.24, 2.45) is 0 Å². The molecule has 0 saturated carbocycles. The predicted octanol–water partition coefficient (Wildman–Crippen LogP) is 1.51. The Kier molecular flexibility index (Phi) is 1.56. The van der Waals surface area contributed by atoms with E-state index in [-0.39, 0.29) is 0 Å². The van der Waals surface area contributed by atoms with Gasteiger partial charge in [-0.25, -0.2) is 0 Å². The lowest BCUT2D eigenvalue weighted by atomic mass is 9.96. The summed E-state index contributed by atoms with van der Waals surface area (Å²) in [5, 5.41) is 3.14. The molecule has 2 nitrogen and oxygen atoms in total. The number of allylic oxidation sites excluding steroid dienone is 1. The third kappa shape index (κ3) is 1.05. The van der Waals surface area contributed by atoms with Crippen LogP contribution in [0.25, 0.3) is 6.08 Å². The van der Waals surface area contributed by atoms with E-state index >= 15 is 0 Å². The van der Waals surface area contributed by atoms with Gasteiger partial charge in [0.05, 0.1) is 0 Å². The lowest BCUT2D eigenvalue weighted by Gasteiger charge is -2.13. The number of hydrogen-bond donors (Lipinski definition) is 2. The van der Waals surface area contributed by atoms with Crippen molar-refractivity contribution in [2.75, 3.05) is 6.54 Å². The first-order valence-electron chi connectivity index (χ1n) is 4.84. The molecule has 2 aliphatic rings. The van der Waals surface area contributed by atoms with Crippen molar-refractivity contribution >= 4 is 6.08 Å². The minimum atomic E-state index is 1.03. The van der Waals surface area contributed by atoms with E-state index in [9.17, 15) is 0 Å². The normalized spacial score (nSPS) is 19.7. The van der Waals surface area contributed by atoms with Crippen LogP contribution in [0.2, 0.25) is 0 Å². The first kappa shape index (κ1) is 7.39. The van der Waals surface area contributed by atoms with Gasteiger partial charge < -0.3 is 10.3 Å². The van der Waals surface area contributed by atoms with Crippen molar-refractivity contribution in [1.29, 1.82) is 0 Å². The highest BCUT2D eigenvalue weighted by atomic mass is 14.9. The zero-order valence-electron chi connectivity index (χ0n) is 7.48. The molecular weight excluding hydrogens is 160 g/mol. The van der Waals surface area contributed by atoms with Gasteiger partial charge >= 0.3 is 0 Å². The van der Waals surface area contributed by atoms with E-state index in [4.69, 9.17) is 0 Å². The van der Waals surface area contributed by atoms with Gasteiger partial charge in [-0.15, -0.1) is 0 Å². The summed E-state index contributed by atoms with van der Waals surface area (Å²) in [4.78, 5) is 3.39. The van der Waals surface area contributed by atoms with E-state index in [0.717, 1.165) is 13.0 Å². The van der Waals surface area contributed by atoms with Gasteiger partial charge in [0.1, 0.15) is 6.54 Å². The van der Waals surface area contributed by atoms with Crippen LogP contribution in [0, 0.1) is 6.54 Å². The van der Waals surface area contributed by atoms with E-state index in [2.05, 4.69) is 29.0 Å². The van der Waals surface area contributed by atoms with Gasteiger partial charge in [-0.3, -0.25) is 0 Å². The highest BCUT2D eigenvalue weighted by Gasteiger charge is 2.19. The minimum Gasteiger partial charge on any atom is -0.357 e. The molecule has 2 radical (unpaired) electrons. The van der Waals surface area contributed by atoms with Crippen molar-refractivity contribution in [2.45, 2.75) is 19.3 Å². The highest BCUT2D eigenvalue weighted by molar-refractivity contribution is 5.58. The maximum Gasteiger partial charge on any atom is 0.112 e. The lowest BCUT2D eigenvalue weighted by Crippen LogP contribution is -2.21. The fraction of sp³-hybridized carbons (Fsp3) is 0.364. The minimum absolute atomic E-state index is 1.03. The van der Waals surface area contributed by atoms with Gasteiger partial charge in [-0.05, 0) is 36.5 Å². The third-order valence-corrected chi connectivity index (χ3v) is 2.81. The molecule has 2 heterocycles. The fourth-order valence-electron chi connectivity index (χ4n) is 2.18. The standard InChI is InChI=1S/C11H12N2/c1-2-4-10-8(3-1)9-5-6-12-7-11(9)13-10/h2,4,12-13H,1,3,5-6H2. The monoisotopic (exact) mass is 172 g/mol. The van der Waals surface area contributed by atoms with Crippen molar-refractivity contribution < 1.29 is 0 Å². The average Bonchev–Trinajstić information content (AvgIpc) is 2.56. The quantitative estimate of drug-likeness (QED) is 0.610. The van der Waals surface area contributed by atoms with Crippen LogP contribution in [0.5, 0.6) is 0 Å². The van der Waals surface area contributed by atoms with Crippen LogP contribution in [0.1, 0.15) is 28.9 Å². The molecule has 2 N–H and O–H groups in total. The number of hydrogen-bond acceptors (Lipinski definition) is 1. The van der Waals surface area contributed by atoms with E-state index in [1.165, 1.54) is 35.4 Å². The predicted molar refractivity (Wildman–Crippen MR) is 52.2 cm³/mol. The van der Waals surface area contributed by atoms with Crippen LogP contribution < -0.4 is 5.32 Å². The van der Waals surface area contributed by atoms with Crippen molar-refractivity contribution in [3.63, 3.8) is 0 Å².